The third-order valence-corrected chi connectivity index (χ3v) is 10.5. The predicted octanol–water partition coefficient (Wildman–Crippen LogP) is 4.21. The van der Waals surface area contributed by atoms with Crippen LogP contribution in [0.1, 0.15) is 58.3 Å². The number of amides is 1. The summed E-state index contributed by atoms with van der Waals surface area (Å²) < 4.78 is 27.8. The number of piperidine rings is 1. The molecule has 1 N–H and O–H groups in total. The van der Waals surface area contributed by atoms with Crippen molar-refractivity contribution < 1.29 is 13.2 Å². The Morgan fingerprint density at radius 2 is 1.90 bits per heavy atom. The maximum atomic E-state index is 12.7. The average molecular weight is 490 g/mol. The first-order valence-electron chi connectivity index (χ1n) is 11.5. The van der Waals surface area contributed by atoms with Gasteiger partial charge in [0.1, 0.15) is 4.21 Å². The lowest BCUT2D eigenvalue weighted by molar-refractivity contribution is -0.126. The Morgan fingerprint density at radius 1 is 1.23 bits per heavy atom. The van der Waals surface area contributed by atoms with Crippen molar-refractivity contribution in [3.63, 3.8) is 0 Å². The van der Waals surface area contributed by atoms with Crippen LogP contribution in [0.2, 0.25) is 4.34 Å². The Balaban J connectivity index is 1.37. The fourth-order valence-electron chi connectivity index (χ4n) is 4.80. The van der Waals surface area contributed by atoms with Crippen LogP contribution in [0.15, 0.2) is 16.3 Å². The fraction of sp³-hybridized carbons (Fsp3) is 0.773. The summed E-state index contributed by atoms with van der Waals surface area (Å²) in [5.74, 6) is 0.201. The Bertz CT molecular complexity index is 816. The summed E-state index contributed by atoms with van der Waals surface area (Å²) >= 11 is 6.99. The summed E-state index contributed by atoms with van der Waals surface area (Å²) in [6, 6.07) is 3.89. The summed E-state index contributed by atoms with van der Waals surface area (Å²) in [5, 5.41) is 3.10. The number of carbonyl (C=O) groups excluding carboxylic acids is 1. The van der Waals surface area contributed by atoms with Crippen LogP contribution in [0.5, 0.6) is 0 Å². The molecule has 1 saturated heterocycles. The molecular weight excluding hydrogens is 454 g/mol. The zero-order valence-corrected chi connectivity index (χ0v) is 21.1. The van der Waals surface area contributed by atoms with E-state index in [0.717, 1.165) is 24.3 Å². The highest BCUT2D eigenvalue weighted by molar-refractivity contribution is 7.91. The lowest BCUT2D eigenvalue weighted by Crippen LogP contribution is -2.43. The van der Waals surface area contributed by atoms with Gasteiger partial charge in [-0.1, -0.05) is 37.8 Å². The largest absolute Gasteiger partial charge is 0.356 e. The van der Waals surface area contributed by atoms with Gasteiger partial charge in [0, 0.05) is 31.6 Å². The van der Waals surface area contributed by atoms with Gasteiger partial charge in [0.15, 0.2) is 0 Å². The monoisotopic (exact) mass is 489 g/mol. The van der Waals surface area contributed by atoms with Crippen molar-refractivity contribution in [2.45, 2.75) is 68.5 Å². The second kappa shape index (κ2) is 11.5. The first-order valence-corrected chi connectivity index (χ1v) is 14.2. The molecule has 0 spiro atoms. The number of rotatable bonds is 9. The Morgan fingerprint density at radius 3 is 2.52 bits per heavy atom. The molecule has 3 rings (SSSR count). The van der Waals surface area contributed by atoms with Crippen LogP contribution < -0.4 is 5.32 Å². The van der Waals surface area contributed by atoms with Gasteiger partial charge >= 0.3 is 0 Å². The highest BCUT2D eigenvalue weighted by Gasteiger charge is 2.34. The zero-order chi connectivity index (χ0) is 22.4. The van der Waals surface area contributed by atoms with E-state index >= 15 is 0 Å². The Kier molecular flexibility index (Phi) is 9.22. The van der Waals surface area contributed by atoms with Gasteiger partial charge in [-0.25, -0.2) is 8.42 Å². The summed E-state index contributed by atoms with van der Waals surface area (Å²) in [4.78, 5) is 15.1. The number of carbonyl (C=O) groups is 1. The molecule has 1 aromatic rings. The van der Waals surface area contributed by atoms with Crippen molar-refractivity contribution in [3.8, 4) is 0 Å². The van der Waals surface area contributed by atoms with E-state index in [0.29, 0.717) is 47.1 Å². The molecule has 2 fully saturated rings. The van der Waals surface area contributed by atoms with Crippen LogP contribution in [-0.4, -0.2) is 62.8 Å². The molecule has 1 atom stereocenters. The van der Waals surface area contributed by atoms with Crippen LogP contribution >= 0.6 is 22.9 Å². The van der Waals surface area contributed by atoms with Crippen LogP contribution in [0, 0.1) is 11.8 Å². The van der Waals surface area contributed by atoms with Gasteiger partial charge in [-0.3, -0.25) is 4.79 Å². The first-order chi connectivity index (χ1) is 14.8. The van der Waals surface area contributed by atoms with E-state index in [9.17, 15) is 13.2 Å². The van der Waals surface area contributed by atoms with Crippen LogP contribution in [-0.2, 0) is 14.8 Å². The van der Waals surface area contributed by atoms with Gasteiger partial charge < -0.3 is 10.2 Å². The van der Waals surface area contributed by atoms with E-state index in [1.165, 1.54) is 36.4 Å². The number of nitrogens with zero attached hydrogens (tertiary/aromatic N) is 2. The van der Waals surface area contributed by atoms with Crippen LogP contribution in [0.3, 0.4) is 0 Å². The van der Waals surface area contributed by atoms with Gasteiger partial charge in [-0.15, -0.1) is 11.3 Å². The second-order valence-electron chi connectivity index (χ2n) is 9.01. The van der Waals surface area contributed by atoms with E-state index in [-0.39, 0.29) is 17.7 Å². The summed E-state index contributed by atoms with van der Waals surface area (Å²) in [7, 11) is -1.28. The molecule has 1 saturated carbocycles. The molecule has 6 nitrogen and oxygen atoms in total. The lowest BCUT2D eigenvalue weighted by Gasteiger charge is -2.33. The van der Waals surface area contributed by atoms with Gasteiger partial charge in [0.25, 0.3) is 10.0 Å². The number of halogens is 1. The van der Waals surface area contributed by atoms with Crippen LogP contribution in [0.4, 0.5) is 0 Å². The molecule has 1 amide bonds. The molecular formula is C22H36ClN3O3S2. The highest BCUT2D eigenvalue weighted by atomic mass is 35.5. The Labute approximate surface area is 196 Å². The molecule has 31 heavy (non-hydrogen) atoms. The SMILES string of the molecule is CC(C(=O)NCCCN(C)C1CCCCC1)C1CCN(S(=O)(=O)c2ccc(Cl)s2)CC1. The van der Waals surface area contributed by atoms with E-state index in [1.54, 1.807) is 12.1 Å². The van der Waals surface area contributed by atoms with Crippen molar-refractivity contribution in [2.24, 2.45) is 11.8 Å². The molecule has 1 aliphatic carbocycles. The van der Waals surface area contributed by atoms with Gasteiger partial charge in [0.2, 0.25) is 5.91 Å². The number of hydrogen-bond donors (Lipinski definition) is 1. The normalized spacial score (nSPS) is 20.8. The molecule has 176 valence electrons. The number of sulfonamides is 1. The van der Waals surface area contributed by atoms with Crippen molar-refractivity contribution in [3.05, 3.63) is 16.5 Å². The van der Waals surface area contributed by atoms with Gasteiger partial charge in [-0.05, 0) is 63.7 Å². The minimum absolute atomic E-state index is 0.0895. The minimum Gasteiger partial charge on any atom is -0.356 e. The molecule has 0 radical (unpaired) electrons. The average Bonchev–Trinajstić information content (AvgIpc) is 3.23. The number of nitrogens with one attached hydrogen (secondary N) is 1. The molecule has 2 heterocycles. The lowest BCUT2D eigenvalue weighted by atomic mass is 9.85. The van der Waals surface area contributed by atoms with E-state index < -0.39 is 10.0 Å². The van der Waals surface area contributed by atoms with Crippen molar-refractivity contribution in [1.82, 2.24) is 14.5 Å². The first kappa shape index (κ1) is 25.0. The van der Waals surface area contributed by atoms with E-state index in [2.05, 4.69) is 17.3 Å². The molecule has 0 aromatic carbocycles. The van der Waals surface area contributed by atoms with Gasteiger partial charge in [0.05, 0.1) is 4.34 Å². The van der Waals surface area contributed by atoms with Crippen molar-refractivity contribution >= 4 is 38.9 Å². The Hall–Kier alpha value is -0.670. The second-order valence-corrected chi connectivity index (χ2v) is 12.9. The minimum atomic E-state index is -3.48. The van der Waals surface area contributed by atoms with Crippen molar-refractivity contribution in [2.75, 3.05) is 33.2 Å². The third-order valence-electron chi connectivity index (χ3n) is 6.95. The number of thiophene rings is 1. The zero-order valence-electron chi connectivity index (χ0n) is 18.7. The van der Waals surface area contributed by atoms with E-state index in [1.807, 2.05) is 6.92 Å². The quantitative estimate of drug-likeness (QED) is 0.527. The van der Waals surface area contributed by atoms with E-state index in [4.69, 9.17) is 11.6 Å². The fourth-order valence-corrected chi connectivity index (χ4v) is 7.91. The maximum absolute atomic E-state index is 12.7. The molecule has 9 heteroatoms. The molecule has 1 aliphatic heterocycles. The summed E-state index contributed by atoms with van der Waals surface area (Å²) in [5.41, 5.74) is 0. The number of hydrogen-bond acceptors (Lipinski definition) is 5. The van der Waals surface area contributed by atoms with Crippen molar-refractivity contribution in [1.29, 1.82) is 0 Å². The smallest absolute Gasteiger partial charge is 0.252 e. The van der Waals surface area contributed by atoms with Gasteiger partial charge in [-0.2, -0.15) is 4.31 Å². The molecule has 1 unspecified atom stereocenters. The standard InChI is InChI=1S/C22H36ClN3O3S2/c1-17(22(27)24-13-6-14-25(2)19-7-4-3-5-8-19)18-11-15-26(16-12-18)31(28,29)21-10-9-20(23)30-21/h9-10,17-19H,3-8,11-16H2,1-2H3,(H,24,27). The maximum Gasteiger partial charge on any atom is 0.252 e. The predicted molar refractivity (Wildman–Crippen MR) is 127 cm³/mol. The topological polar surface area (TPSA) is 69.7 Å². The summed E-state index contributed by atoms with van der Waals surface area (Å²) in [6.45, 7) is 4.59. The van der Waals surface area contributed by atoms with Crippen LogP contribution in [0.25, 0.3) is 0 Å². The highest BCUT2D eigenvalue weighted by Crippen LogP contribution is 2.32. The third kappa shape index (κ3) is 6.67. The molecule has 1 aromatic heterocycles. The molecule has 2 aliphatic rings. The molecule has 0 bridgehead atoms. The summed E-state index contributed by atoms with van der Waals surface area (Å²) in [6.07, 6.45) is 9.02.